The lowest BCUT2D eigenvalue weighted by atomic mass is 10.1. The number of nitrogens with one attached hydrogen (secondary N) is 1. The van der Waals surface area contributed by atoms with E-state index in [1.807, 2.05) is 0 Å². The van der Waals surface area contributed by atoms with Crippen molar-refractivity contribution in [1.29, 1.82) is 0 Å². The Hall–Kier alpha value is -2.51. The maximum Gasteiger partial charge on any atom is 0.416 e. The van der Waals surface area contributed by atoms with Gasteiger partial charge in [0.2, 0.25) is 11.8 Å². The molecule has 0 fully saturated rings. The van der Waals surface area contributed by atoms with Gasteiger partial charge in [-0.1, -0.05) is 41.4 Å². The van der Waals surface area contributed by atoms with Crippen molar-refractivity contribution in [2.45, 2.75) is 13.1 Å². The van der Waals surface area contributed by atoms with Gasteiger partial charge in [0.15, 0.2) is 0 Å². The first-order chi connectivity index (χ1) is 13.6. The third-order valence-corrected chi connectivity index (χ3v) is 4.52. The molecular formula is C20H17Cl2F3N2O2. The number of nitrogens with zero attached hydrogens (tertiary/aromatic N) is 1. The van der Waals surface area contributed by atoms with Crippen LogP contribution in [0.5, 0.6) is 0 Å². The van der Waals surface area contributed by atoms with E-state index in [9.17, 15) is 22.8 Å². The molecule has 0 heterocycles. The zero-order chi connectivity index (χ0) is 21.6. The third kappa shape index (κ3) is 6.51. The molecule has 0 aliphatic rings. The molecule has 2 aromatic rings. The molecule has 0 aliphatic carbocycles. The van der Waals surface area contributed by atoms with Gasteiger partial charge >= 0.3 is 6.18 Å². The highest BCUT2D eigenvalue weighted by Gasteiger charge is 2.30. The van der Waals surface area contributed by atoms with Crippen molar-refractivity contribution in [3.8, 4) is 0 Å². The average Bonchev–Trinajstić information content (AvgIpc) is 2.66. The molecule has 0 unspecified atom stereocenters. The Bertz CT molecular complexity index is 910. The second-order valence-corrected chi connectivity index (χ2v) is 6.77. The fraction of sp³-hybridized carbons (Fsp3) is 0.200. The lowest BCUT2D eigenvalue weighted by Gasteiger charge is -2.19. The molecule has 4 nitrogen and oxygen atoms in total. The van der Waals surface area contributed by atoms with Crippen LogP contribution in [-0.4, -0.2) is 29.8 Å². The Kier molecular flexibility index (Phi) is 7.70. The quantitative estimate of drug-likeness (QED) is 0.596. The summed E-state index contributed by atoms with van der Waals surface area (Å²) in [5.41, 5.74) is -0.351. The normalized spacial score (nSPS) is 11.5. The number of carbonyl (C=O) groups excluding carboxylic acids is 2. The van der Waals surface area contributed by atoms with Crippen LogP contribution in [0.15, 0.2) is 48.5 Å². The standard InChI is InChI=1S/C20H17Cl2F3N2O2/c1-2-27(12-17(28)26-19-15(21)7-4-8-16(19)22)18(29)10-9-13-5-3-6-14(11-13)20(23,24)25/h3-11H,2,12H2,1H3,(H,26,28)/b10-9+. The molecule has 9 heteroatoms. The van der Waals surface area contributed by atoms with Gasteiger partial charge in [-0.25, -0.2) is 0 Å². The number of carbonyl (C=O) groups is 2. The maximum absolute atomic E-state index is 12.8. The number of hydrogen-bond donors (Lipinski definition) is 1. The van der Waals surface area contributed by atoms with E-state index in [0.717, 1.165) is 18.2 Å². The highest BCUT2D eigenvalue weighted by atomic mass is 35.5. The Morgan fingerprint density at radius 2 is 1.72 bits per heavy atom. The number of para-hydroxylation sites is 1. The van der Waals surface area contributed by atoms with Crippen LogP contribution in [0.4, 0.5) is 18.9 Å². The summed E-state index contributed by atoms with van der Waals surface area (Å²) in [7, 11) is 0. The van der Waals surface area contributed by atoms with E-state index in [1.54, 1.807) is 25.1 Å². The first-order valence-corrected chi connectivity index (χ1v) is 9.25. The molecule has 0 radical (unpaired) electrons. The van der Waals surface area contributed by atoms with Crippen molar-refractivity contribution in [1.82, 2.24) is 4.90 Å². The molecule has 2 rings (SSSR count). The van der Waals surface area contributed by atoms with Gasteiger partial charge in [-0.15, -0.1) is 0 Å². The Morgan fingerprint density at radius 1 is 1.10 bits per heavy atom. The zero-order valence-corrected chi connectivity index (χ0v) is 16.8. The van der Waals surface area contributed by atoms with Crippen LogP contribution in [0.2, 0.25) is 10.0 Å². The van der Waals surface area contributed by atoms with Gasteiger partial charge in [0, 0.05) is 12.6 Å². The van der Waals surface area contributed by atoms with Crippen LogP contribution >= 0.6 is 23.2 Å². The van der Waals surface area contributed by atoms with E-state index in [1.165, 1.54) is 23.1 Å². The van der Waals surface area contributed by atoms with Gasteiger partial charge in [0.1, 0.15) is 6.54 Å². The van der Waals surface area contributed by atoms with Gasteiger partial charge < -0.3 is 10.2 Å². The second-order valence-electron chi connectivity index (χ2n) is 5.95. The molecular weight excluding hydrogens is 428 g/mol. The highest BCUT2D eigenvalue weighted by molar-refractivity contribution is 6.39. The van der Waals surface area contributed by atoms with Crippen LogP contribution in [0.1, 0.15) is 18.1 Å². The Morgan fingerprint density at radius 3 is 2.31 bits per heavy atom. The summed E-state index contributed by atoms with van der Waals surface area (Å²) in [6.45, 7) is 1.62. The second kappa shape index (κ2) is 9.80. The van der Waals surface area contributed by atoms with Gasteiger partial charge in [-0.05, 0) is 42.8 Å². The molecule has 0 bridgehead atoms. The predicted molar refractivity (Wildman–Crippen MR) is 108 cm³/mol. The summed E-state index contributed by atoms with van der Waals surface area (Å²) >= 11 is 12.0. The van der Waals surface area contributed by atoms with E-state index in [-0.39, 0.29) is 34.4 Å². The van der Waals surface area contributed by atoms with Crippen molar-refractivity contribution in [2.24, 2.45) is 0 Å². The minimum atomic E-state index is -4.47. The summed E-state index contributed by atoms with van der Waals surface area (Å²) < 4.78 is 38.3. The van der Waals surface area contributed by atoms with Crippen LogP contribution in [0.25, 0.3) is 6.08 Å². The number of anilines is 1. The summed E-state index contributed by atoms with van der Waals surface area (Å²) in [4.78, 5) is 25.8. The minimum Gasteiger partial charge on any atom is -0.330 e. The molecule has 0 atom stereocenters. The zero-order valence-electron chi connectivity index (χ0n) is 15.3. The molecule has 154 valence electrons. The molecule has 0 saturated heterocycles. The smallest absolute Gasteiger partial charge is 0.330 e. The van der Waals surface area contributed by atoms with Crippen LogP contribution in [0.3, 0.4) is 0 Å². The van der Waals surface area contributed by atoms with Gasteiger partial charge in [-0.3, -0.25) is 9.59 Å². The maximum atomic E-state index is 12.8. The first kappa shape index (κ1) is 22.8. The number of likely N-dealkylation sites (N-methyl/N-ethyl adjacent to an activating group) is 1. The van der Waals surface area contributed by atoms with Crippen molar-refractivity contribution in [3.63, 3.8) is 0 Å². The van der Waals surface area contributed by atoms with E-state index in [4.69, 9.17) is 23.2 Å². The average molecular weight is 445 g/mol. The van der Waals surface area contributed by atoms with Crippen LogP contribution < -0.4 is 5.32 Å². The molecule has 1 N–H and O–H groups in total. The Labute approximate surface area is 175 Å². The van der Waals surface area contributed by atoms with E-state index < -0.39 is 23.6 Å². The fourth-order valence-electron chi connectivity index (χ4n) is 2.41. The monoisotopic (exact) mass is 444 g/mol. The number of hydrogen-bond acceptors (Lipinski definition) is 2. The van der Waals surface area contributed by atoms with Crippen molar-refractivity contribution in [3.05, 3.63) is 69.7 Å². The summed E-state index contributed by atoms with van der Waals surface area (Å²) in [6, 6.07) is 9.33. The number of alkyl halides is 3. The topological polar surface area (TPSA) is 49.4 Å². The van der Waals surface area contributed by atoms with Gasteiger partial charge in [0.05, 0.1) is 21.3 Å². The number of halogens is 5. The van der Waals surface area contributed by atoms with E-state index >= 15 is 0 Å². The van der Waals surface area contributed by atoms with Crippen molar-refractivity contribution >= 4 is 46.8 Å². The predicted octanol–water partition coefficient (Wildman–Crippen LogP) is 5.51. The first-order valence-electron chi connectivity index (χ1n) is 8.50. The lowest BCUT2D eigenvalue weighted by molar-refractivity contribution is -0.137. The SMILES string of the molecule is CCN(CC(=O)Nc1c(Cl)cccc1Cl)C(=O)/C=C/c1cccc(C(F)(F)F)c1. The van der Waals surface area contributed by atoms with Crippen LogP contribution in [-0.2, 0) is 15.8 Å². The number of rotatable bonds is 6. The molecule has 0 spiro atoms. The summed E-state index contributed by atoms with van der Waals surface area (Å²) in [5.74, 6) is -1.03. The highest BCUT2D eigenvalue weighted by Crippen LogP contribution is 2.30. The molecule has 0 aromatic heterocycles. The summed E-state index contributed by atoms with van der Waals surface area (Å²) in [5, 5.41) is 3.06. The van der Waals surface area contributed by atoms with Gasteiger partial charge in [0.25, 0.3) is 0 Å². The lowest BCUT2D eigenvalue weighted by Crippen LogP contribution is -2.37. The number of amides is 2. The molecule has 2 aromatic carbocycles. The molecule has 0 saturated carbocycles. The third-order valence-electron chi connectivity index (χ3n) is 3.89. The van der Waals surface area contributed by atoms with Gasteiger partial charge in [-0.2, -0.15) is 13.2 Å². The molecule has 0 aliphatic heterocycles. The largest absolute Gasteiger partial charge is 0.416 e. The summed E-state index contributed by atoms with van der Waals surface area (Å²) in [6.07, 6.45) is -2.08. The van der Waals surface area contributed by atoms with Crippen LogP contribution in [0, 0.1) is 0 Å². The molecule has 29 heavy (non-hydrogen) atoms. The number of benzene rings is 2. The van der Waals surface area contributed by atoms with E-state index in [0.29, 0.717) is 0 Å². The molecule has 2 amide bonds. The van der Waals surface area contributed by atoms with Crippen molar-refractivity contribution < 1.29 is 22.8 Å². The fourth-order valence-corrected chi connectivity index (χ4v) is 2.90. The van der Waals surface area contributed by atoms with Crippen molar-refractivity contribution in [2.75, 3.05) is 18.4 Å². The minimum absolute atomic E-state index is 0.218. The Balaban J connectivity index is 2.05. The van der Waals surface area contributed by atoms with E-state index in [2.05, 4.69) is 5.32 Å².